The molecule has 3 rings (SSSR count). The van der Waals surface area contributed by atoms with Gasteiger partial charge < -0.3 is 10.1 Å². The fourth-order valence-corrected chi connectivity index (χ4v) is 2.51. The quantitative estimate of drug-likeness (QED) is 0.738. The number of carbonyl (C=O) groups is 1. The lowest BCUT2D eigenvalue weighted by Crippen LogP contribution is -2.20. The van der Waals surface area contributed by atoms with Gasteiger partial charge >= 0.3 is 0 Å². The SMILES string of the molecule is COc1ccccc1NC(=O)Cn1nnc(-c2ccc(C(C)C)cc2)n1. The Balaban J connectivity index is 1.67. The molecule has 1 heterocycles. The third-order valence-electron chi connectivity index (χ3n) is 3.95. The normalized spacial score (nSPS) is 10.8. The van der Waals surface area contributed by atoms with E-state index in [1.54, 1.807) is 19.2 Å². The number of nitrogens with one attached hydrogen (secondary N) is 1. The molecule has 7 nitrogen and oxygen atoms in total. The molecule has 0 radical (unpaired) electrons. The summed E-state index contributed by atoms with van der Waals surface area (Å²) < 4.78 is 5.22. The number of benzene rings is 2. The molecule has 1 aromatic heterocycles. The summed E-state index contributed by atoms with van der Waals surface area (Å²) in [5.41, 5.74) is 2.72. The number of hydrogen-bond donors (Lipinski definition) is 1. The van der Waals surface area contributed by atoms with Crippen LogP contribution in [-0.2, 0) is 11.3 Å². The van der Waals surface area contributed by atoms with Crippen molar-refractivity contribution in [1.29, 1.82) is 0 Å². The molecular formula is C19H21N5O2. The van der Waals surface area contributed by atoms with E-state index in [4.69, 9.17) is 4.74 Å². The van der Waals surface area contributed by atoms with Crippen LogP contribution in [0.3, 0.4) is 0 Å². The maximum Gasteiger partial charge on any atom is 0.248 e. The smallest absolute Gasteiger partial charge is 0.248 e. The second kappa shape index (κ2) is 7.77. The number of anilines is 1. The van der Waals surface area contributed by atoms with Crippen LogP contribution in [0.4, 0.5) is 5.69 Å². The van der Waals surface area contributed by atoms with Crippen LogP contribution in [0.25, 0.3) is 11.4 Å². The lowest BCUT2D eigenvalue weighted by molar-refractivity contribution is -0.117. The Hall–Kier alpha value is -3.22. The molecule has 0 aliphatic heterocycles. The molecular weight excluding hydrogens is 330 g/mol. The zero-order valence-electron chi connectivity index (χ0n) is 15.0. The predicted molar refractivity (Wildman–Crippen MR) is 99.0 cm³/mol. The summed E-state index contributed by atoms with van der Waals surface area (Å²) in [5, 5.41) is 15.1. The third-order valence-corrected chi connectivity index (χ3v) is 3.95. The summed E-state index contributed by atoms with van der Waals surface area (Å²) in [7, 11) is 1.56. The van der Waals surface area contributed by atoms with Crippen molar-refractivity contribution in [2.45, 2.75) is 26.3 Å². The minimum Gasteiger partial charge on any atom is -0.495 e. The molecule has 1 amide bonds. The number of hydrogen-bond acceptors (Lipinski definition) is 5. The first-order valence-corrected chi connectivity index (χ1v) is 8.38. The van der Waals surface area contributed by atoms with Crippen molar-refractivity contribution < 1.29 is 9.53 Å². The number of aromatic nitrogens is 4. The number of tetrazole rings is 1. The fraction of sp³-hybridized carbons (Fsp3) is 0.263. The van der Waals surface area contributed by atoms with Crippen LogP contribution < -0.4 is 10.1 Å². The van der Waals surface area contributed by atoms with Gasteiger partial charge in [0.1, 0.15) is 12.3 Å². The van der Waals surface area contributed by atoms with E-state index in [2.05, 4.69) is 46.7 Å². The second-order valence-corrected chi connectivity index (χ2v) is 6.17. The van der Waals surface area contributed by atoms with Gasteiger partial charge in [0.15, 0.2) is 0 Å². The predicted octanol–water partition coefficient (Wildman–Crippen LogP) is 3.11. The highest BCUT2D eigenvalue weighted by atomic mass is 16.5. The highest BCUT2D eigenvalue weighted by molar-refractivity contribution is 5.91. The zero-order valence-corrected chi connectivity index (χ0v) is 15.0. The Bertz CT molecular complexity index is 887. The van der Waals surface area contributed by atoms with Crippen molar-refractivity contribution in [2.75, 3.05) is 12.4 Å². The summed E-state index contributed by atoms with van der Waals surface area (Å²) in [6.07, 6.45) is 0. The largest absolute Gasteiger partial charge is 0.495 e. The van der Waals surface area contributed by atoms with Crippen molar-refractivity contribution in [3.8, 4) is 17.1 Å². The molecule has 26 heavy (non-hydrogen) atoms. The van der Waals surface area contributed by atoms with E-state index >= 15 is 0 Å². The Morgan fingerprint density at radius 3 is 2.58 bits per heavy atom. The van der Waals surface area contributed by atoms with E-state index in [0.717, 1.165) is 5.56 Å². The maximum atomic E-state index is 12.2. The summed E-state index contributed by atoms with van der Waals surface area (Å²) in [4.78, 5) is 13.5. The first-order valence-electron chi connectivity index (χ1n) is 8.38. The van der Waals surface area contributed by atoms with Gasteiger partial charge in [-0.25, -0.2) is 0 Å². The maximum absolute atomic E-state index is 12.2. The number of methoxy groups -OCH3 is 1. The van der Waals surface area contributed by atoms with Crippen LogP contribution in [0.5, 0.6) is 5.75 Å². The molecule has 7 heteroatoms. The van der Waals surface area contributed by atoms with Crippen molar-refractivity contribution in [2.24, 2.45) is 0 Å². The number of rotatable bonds is 6. The summed E-state index contributed by atoms with van der Waals surface area (Å²) in [6, 6.07) is 15.2. The van der Waals surface area contributed by atoms with E-state index in [-0.39, 0.29) is 12.5 Å². The first kappa shape index (κ1) is 17.6. The number of para-hydroxylation sites is 2. The molecule has 0 saturated carbocycles. The molecule has 0 aliphatic carbocycles. The van der Waals surface area contributed by atoms with Gasteiger partial charge in [-0.2, -0.15) is 4.80 Å². The highest BCUT2D eigenvalue weighted by Gasteiger charge is 2.11. The molecule has 0 saturated heterocycles. The lowest BCUT2D eigenvalue weighted by Gasteiger charge is -2.09. The molecule has 0 unspecified atom stereocenters. The topological polar surface area (TPSA) is 81.9 Å². The van der Waals surface area contributed by atoms with Crippen molar-refractivity contribution in [3.05, 3.63) is 54.1 Å². The van der Waals surface area contributed by atoms with Crippen molar-refractivity contribution >= 4 is 11.6 Å². The average Bonchev–Trinajstić information content (AvgIpc) is 3.10. The van der Waals surface area contributed by atoms with Gasteiger partial charge in [0.2, 0.25) is 11.7 Å². The van der Waals surface area contributed by atoms with Gasteiger partial charge in [0.25, 0.3) is 0 Å². The molecule has 0 spiro atoms. The average molecular weight is 351 g/mol. The number of amides is 1. The Kier molecular flexibility index (Phi) is 5.26. The van der Waals surface area contributed by atoms with Gasteiger partial charge in [-0.1, -0.05) is 50.2 Å². The minimum atomic E-state index is -0.256. The van der Waals surface area contributed by atoms with E-state index in [1.165, 1.54) is 10.4 Å². The van der Waals surface area contributed by atoms with E-state index in [9.17, 15) is 4.79 Å². The standard InChI is InChI=1S/C19H21N5O2/c1-13(2)14-8-10-15(11-9-14)19-21-23-24(22-19)12-18(25)20-16-6-4-5-7-17(16)26-3/h4-11,13H,12H2,1-3H3,(H,20,25). The molecule has 134 valence electrons. The molecule has 0 atom stereocenters. The minimum absolute atomic E-state index is 0.0326. The van der Waals surface area contributed by atoms with Gasteiger partial charge in [-0.3, -0.25) is 4.79 Å². The van der Waals surface area contributed by atoms with Crippen molar-refractivity contribution in [1.82, 2.24) is 20.2 Å². The fourth-order valence-electron chi connectivity index (χ4n) is 2.51. The van der Waals surface area contributed by atoms with Gasteiger partial charge in [-0.05, 0) is 28.8 Å². The van der Waals surface area contributed by atoms with E-state index in [0.29, 0.717) is 23.2 Å². The zero-order chi connectivity index (χ0) is 18.5. The second-order valence-electron chi connectivity index (χ2n) is 6.17. The van der Waals surface area contributed by atoms with Gasteiger partial charge in [0.05, 0.1) is 12.8 Å². The van der Waals surface area contributed by atoms with Crippen LogP contribution in [-0.4, -0.2) is 33.2 Å². The van der Waals surface area contributed by atoms with Crippen LogP contribution in [0, 0.1) is 0 Å². The molecule has 2 aromatic carbocycles. The summed E-state index contributed by atoms with van der Waals surface area (Å²) in [6.45, 7) is 4.25. The molecule has 1 N–H and O–H groups in total. The van der Waals surface area contributed by atoms with E-state index < -0.39 is 0 Å². The monoisotopic (exact) mass is 351 g/mol. The summed E-state index contributed by atoms with van der Waals surface area (Å²) >= 11 is 0. The van der Waals surface area contributed by atoms with Crippen molar-refractivity contribution in [3.63, 3.8) is 0 Å². The van der Waals surface area contributed by atoms with Gasteiger partial charge in [0, 0.05) is 5.56 Å². The lowest BCUT2D eigenvalue weighted by atomic mass is 10.0. The Labute approximate surface area is 152 Å². The van der Waals surface area contributed by atoms with Crippen LogP contribution in [0.15, 0.2) is 48.5 Å². The van der Waals surface area contributed by atoms with Crippen LogP contribution >= 0.6 is 0 Å². The van der Waals surface area contributed by atoms with Crippen LogP contribution in [0.2, 0.25) is 0 Å². The molecule has 0 aliphatic rings. The highest BCUT2D eigenvalue weighted by Crippen LogP contribution is 2.23. The van der Waals surface area contributed by atoms with E-state index in [1.807, 2.05) is 24.3 Å². The Morgan fingerprint density at radius 1 is 1.15 bits per heavy atom. The molecule has 0 bridgehead atoms. The van der Waals surface area contributed by atoms with Crippen LogP contribution in [0.1, 0.15) is 25.3 Å². The summed E-state index contributed by atoms with van der Waals surface area (Å²) in [5.74, 6) is 1.30. The first-order chi connectivity index (χ1) is 12.6. The number of nitrogens with zero attached hydrogens (tertiary/aromatic N) is 4. The van der Waals surface area contributed by atoms with Gasteiger partial charge in [-0.15, -0.1) is 10.2 Å². The Morgan fingerprint density at radius 2 is 1.88 bits per heavy atom. The molecule has 3 aromatic rings. The third kappa shape index (κ3) is 4.05. The molecule has 0 fully saturated rings. The number of ether oxygens (including phenoxy) is 1. The number of carbonyl (C=O) groups excluding carboxylic acids is 1.